The predicted molar refractivity (Wildman–Crippen MR) is 78.6 cm³/mol. The van der Waals surface area contributed by atoms with E-state index in [0.717, 1.165) is 21.9 Å². The van der Waals surface area contributed by atoms with Crippen LogP contribution in [0.1, 0.15) is 22.7 Å². The largest absolute Gasteiger partial charge is 0.399 e. The Kier molecular flexibility index (Phi) is 4.31. The first-order chi connectivity index (χ1) is 9.70. The second kappa shape index (κ2) is 5.70. The zero-order valence-corrected chi connectivity index (χ0v) is 13.0. The summed E-state index contributed by atoms with van der Waals surface area (Å²) in [6, 6.07) is 4.57. The highest BCUT2D eigenvalue weighted by Crippen LogP contribution is 2.26. The molecule has 0 aliphatic carbocycles. The summed E-state index contributed by atoms with van der Waals surface area (Å²) in [7, 11) is -4.33. The van der Waals surface area contributed by atoms with Crippen LogP contribution >= 0.6 is 11.3 Å². The maximum Gasteiger partial charge on any atom is 0.247 e. The van der Waals surface area contributed by atoms with Gasteiger partial charge in [0.05, 0.1) is 6.04 Å². The Morgan fingerprint density at radius 3 is 2.29 bits per heavy atom. The van der Waals surface area contributed by atoms with Crippen LogP contribution in [-0.2, 0) is 10.0 Å². The SMILES string of the molecule is Cc1ccc(C(C)NS(=O)(=O)c2c(F)cc(N)cc2F)s1. The number of aryl methyl sites for hydroxylation is 1. The van der Waals surface area contributed by atoms with Crippen molar-refractivity contribution in [3.63, 3.8) is 0 Å². The molecule has 0 radical (unpaired) electrons. The Labute approximate surface area is 125 Å². The van der Waals surface area contributed by atoms with Gasteiger partial charge in [-0.1, -0.05) is 0 Å². The molecule has 0 aliphatic rings. The summed E-state index contributed by atoms with van der Waals surface area (Å²) >= 11 is 1.41. The minimum atomic E-state index is -4.33. The Bertz CT molecular complexity index is 749. The van der Waals surface area contributed by atoms with E-state index in [1.807, 2.05) is 13.0 Å². The lowest BCUT2D eigenvalue weighted by atomic mass is 10.3. The van der Waals surface area contributed by atoms with Crippen LogP contribution in [0.25, 0.3) is 0 Å². The molecule has 114 valence electrons. The van der Waals surface area contributed by atoms with Crippen LogP contribution in [0.3, 0.4) is 0 Å². The molecule has 1 aromatic heterocycles. The topological polar surface area (TPSA) is 72.2 Å². The maximum absolute atomic E-state index is 13.7. The summed E-state index contributed by atoms with van der Waals surface area (Å²) in [5.41, 5.74) is 5.10. The van der Waals surface area contributed by atoms with Crippen LogP contribution in [0, 0.1) is 18.6 Å². The lowest BCUT2D eigenvalue weighted by molar-refractivity contribution is 0.510. The van der Waals surface area contributed by atoms with Gasteiger partial charge in [-0.05, 0) is 38.1 Å². The van der Waals surface area contributed by atoms with Crippen molar-refractivity contribution in [1.82, 2.24) is 4.72 Å². The fraction of sp³-hybridized carbons (Fsp3) is 0.231. The standard InChI is InChI=1S/C13H14F2N2O2S2/c1-7-3-4-12(20-7)8(2)17-21(18,19)13-10(14)5-9(16)6-11(13)15/h3-6,8,17H,16H2,1-2H3. The summed E-state index contributed by atoms with van der Waals surface area (Å²) in [6.45, 7) is 3.49. The van der Waals surface area contributed by atoms with Crippen molar-refractivity contribution in [2.45, 2.75) is 24.8 Å². The van der Waals surface area contributed by atoms with Crippen molar-refractivity contribution in [3.05, 3.63) is 45.7 Å². The van der Waals surface area contributed by atoms with E-state index in [1.165, 1.54) is 11.3 Å². The van der Waals surface area contributed by atoms with Crippen molar-refractivity contribution < 1.29 is 17.2 Å². The monoisotopic (exact) mass is 332 g/mol. The number of hydrogen-bond donors (Lipinski definition) is 2. The molecule has 8 heteroatoms. The maximum atomic E-state index is 13.7. The molecule has 0 bridgehead atoms. The Balaban J connectivity index is 2.35. The van der Waals surface area contributed by atoms with E-state index in [2.05, 4.69) is 4.72 Å². The van der Waals surface area contributed by atoms with Crippen LogP contribution in [0.15, 0.2) is 29.2 Å². The second-order valence-electron chi connectivity index (χ2n) is 4.61. The van der Waals surface area contributed by atoms with E-state index in [4.69, 9.17) is 5.73 Å². The van der Waals surface area contributed by atoms with E-state index in [1.54, 1.807) is 13.0 Å². The number of nitrogens with two attached hydrogens (primary N) is 1. The molecular weight excluding hydrogens is 318 g/mol. The summed E-state index contributed by atoms with van der Waals surface area (Å²) in [5, 5.41) is 0. The number of hydrogen-bond acceptors (Lipinski definition) is 4. The van der Waals surface area contributed by atoms with E-state index in [-0.39, 0.29) is 5.69 Å². The van der Waals surface area contributed by atoms with E-state index in [0.29, 0.717) is 0 Å². The molecule has 0 amide bonds. The highest BCUT2D eigenvalue weighted by atomic mass is 32.2. The van der Waals surface area contributed by atoms with Crippen LogP contribution in [0.2, 0.25) is 0 Å². The molecule has 2 rings (SSSR count). The minimum absolute atomic E-state index is 0.175. The molecule has 4 nitrogen and oxygen atoms in total. The highest BCUT2D eigenvalue weighted by molar-refractivity contribution is 7.89. The van der Waals surface area contributed by atoms with Gasteiger partial charge in [0, 0.05) is 15.4 Å². The number of sulfonamides is 1. The van der Waals surface area contributed by atoms with Gasteiger partial charge in [-0.3, -0.25) is 0 Å². The third-order valence-corrected chi connectivity index (χ3v) is 5.58. The number of thiophene rings is 1. The molecular formula is C13H14F2N2O2S2. The van der Waals surface area contributed by atoms with Crippen LogP contribution < -0.4 is 10.5 Å². The molecule has 2 aromatic rings. The summed E-state index contributed by atoms with van der Waals surface area (Å²) in [6.07, 6.45) is 0. The quantitative estimate of drug-likeness (QED) is 0.846. The summed E-state index contributed by atoms with van der Waals surface area (Å²) in [4.78, 5) is 0.755. The fourth-order valence-corrected chi connectivity index (χ4v) is 4.17. The molecule has 0 aliphatic heterocycles. The predicted octanol–water partition coefficient (Wildman–Crippen LogP) is 2.96. The first kappa shape index (κ1) is 15.9. The highest BCUT2D eigenvalue weighted by Gasteiger charge is 2.27. The number of rotatable bonds is 4. The molecule has 1 atom stereocenters. The van der Waals surface area contributed by atoms with Gasteiger partial charge in [0.25, 0.3) is 0 Å². The zero-order chi connectivity index (χ0) is 15.8. The average Bonchev–Trinajstić information content (AvgIpc) is 2.73. The Morgan fingerprint density at radius 1 is 1.24 bits per heavy atom. The van der Waals surface area contributed by atoms with Crippen LogP contribution in [0.4, 0.5) is 14.5 Å². The molecule has 3 N–H and O–H groups in total. The normalized spacial score (nSPS) is 13.3. The lowest BCUT2D eigenvalue weighted by Crippen LogP contribution is -2.28. The molecule has 0 saturated heterocycles. The Morgan fingerprint density at radius 2 is 1.81 bits per heavy atom. The molecule has 1 unspecified atom stereocenters. The summed E-state index contributed by atoms with van der Waals surface area (Å²) < 4.78 is 54.0. The van der Waals surface area contributed by atoms with Gasteiger partial charge in [0.1, 0.15) is 11.6 Å². The van der Waals surface area contributed by atoms with Gasteiger partial charge in [-0.2, -0.15) is 0 Å². The summed E-state index contributed by atoms with van der Waals surface area (Å²) in [5.74, 6) is -2.43. The smallest absolute Gasteiger partial charge is 0.247 e. The molecule has 21 heavy (non-hydrogen) atoms. The van der Waals surface area contributed by atoms with Crippen molar-refractivity contribution >= 4 is 27.0 Å². The lowest BCUT2D eigenvalue weighted by Gasteiger charge is -2.14. The third kappa shape index (κ3) is 3.39. The van der Waals surface area contributed by atoms with Gasteiger partial charge in [-0.15, -0.1) is 11.3 Å². The number of nitrogen functional groups attached to an aromatic ring is 1. The van der Waals surface area contributed by atoms with Gasteiger partial charge in [0.2, 0.25) is 10.0 Å². The van der Waals surface area contributed by atoms with Crippen molar-refractivity contribution in [3.8, 4) is 0 Å². The first-order valence-electron chi connectivity index (χ1n) is 6.04. The van der Waals surface area contributed by atoms with Gasteiger partial charge >= 0.3 is 0 Å². The second-order valence-corrected chi connectivity index (χ2v) is 7.58. The number of benzene rings is 1. The van der Waals surface area contributed by atoms with Crippen molar-refractivity contribution in [2.75, 3.05) is 5.73 Å². The van der Waals surface area contributed by atoms with E-state index >= 15 is 0 Å². The van der Waals surface area contributed by atoms with E-state index in [9.17, 15) is 17.2 Å². The number of anilines is 1. The number of halogens is 2. The molecule has 1 aromatic carbocycles. The van der Waals surface area contributed by atoms with Gasteiger partial charge in [0.15, 0.2) is 4.90 Å². The first-order valence-corrected chi connectivity index (χ1v) is 8.34. The van der Waals surface area contributed by atoms with E-state index < -0.39 is 32.6 Å². The Hall–Kier alpha value is -1.51. The molecule has 0 spiro atoms. The van der Waals surface area contributed by atoms with Crippen molar-refractivity contribution in [1.29, 1.82) is 0 Å². The van der Waals surface area contributed by atoms with Crippen molar-refractivity contribution in [2.24, 2.45) is 0 Å². The van der Waals surface area contributed by atoms with Gasteiger partial charge < -0.3 is 5.73 Å². The average molecular weight is 332 g/mol. The van der Waals surface area contributed by atoms with Crippen LogP contribution in [-0.4, -0.2) is 8.42 Å². The number of nitrogens with one attached hydrogen (secondary N) is 1. The zero-order valence-electron chi connectivity index (χ0n) is 11.4. The molecule has 0 saturated carbocycles. The minimum Gasteiger partial charge on any atom is -0.399 e. The fourth-order valence-electron chi connectivity index (χ4n) is 1.87. The van der Waals surface area contributed by atoms with Crippen LogP contribution in [0.5, 0.6) is 0 Å². The van der Waals surface area contributed by atoms with Gasteiger partial charge in [-0.25, -0.2) is 21.9 Å². The third-order valence-electron chi connectivity index (χ3n) is 2.81. The molecule has 1 heterocycles. The molecule has 0 fully saturated rings.